The van der Waals surface area contributed by atoms with Crippen LogP contribution >= 0.6 is 11.3 Å². The molecular weight excluding hydrogens is 248 g/mol. The van der Waals surface area contributed by atoms with Gasteiger partial charge in [0.15, 0.2) is 0 Å². The van der Waals surface area contributed by atoms with Crippen LogP contribution in [0, 0.1) is 5.92 Å². The number of hydrogen-bond donors (Lipinski definition) is 2. The maximum atomic E-state index is 11.5. The standard InChI is InChI=1S/C13H20N2O2S/c1-10(2)5-3-7-14-12(16)9-15-13(17)11-6-4-8-18-11/h4,6,8,10H,3,5,7,9H2,1-2H3,(H,14,16)(H,15,17). The molecule has 2 N–H and O–H groups in total. The molecule has 0 saturated carbocycles. The summed E-state index contributed by atoms with van der Waals surface area (Å²) in [5, 5.41) is 7.22. The first-order chi connectivity index (χ1) is 8.59. The van der Waals surface area contributed by atoms with Gasteiger partial charge in [-0.15, -0.1) is 11.3 Å². The smallest absolute Gasteiger partial charge is 0.261 e. The number of thiophene rings is 1. The van der Waals surface area contributed by atoms with Crippen LogP contribution in [0.15, 0.2) is 17.5 Å². The van der Waals surface area contributed by atoms with Crippen molar-refractivity contribution < 1.29 is 9.59 Å². The minimum atomic E-state index is -0.192. The quantitative estimate of drug-likeness (QED) is 0.743. The zero-order chi connectivity index (χ0) is 13.4. The van der Waals surface area contributed by atoms with Crippen molar-refractivity contribution >= 4 is 23.2 Å². The molecule has 5 heteroatoms. The van der Waals surface area contributed by atoms with Gasteiger partial charge < -0.3 is 10.6 Å². The summed E-state index contributed by atoms with van der Waals surface area (Å²) in [6.07, 6.45) is 2.07. The Bertz CT molecular complexity index is 374. The largest absolute Gasteiger partial charge is 0.355 e. The number of rotatable bonds is 7. The van der Waals surface area contributed by atoms with E-state index in [0.29, 0.717) is 17.3 Å². The summed E-state index contributed by atoms with van der Waals surface area (Å²) in [6, 6.07) is 3.55. The molecule has 0 saturated heterocycles. The Labute approximate surface area is 112 Å². The maximum Gasteiger partial charge on any atom is 0.261 e. The monoisotopic (exact) mass is 268 g/mol. The van der Waals surface area contributed by atoms with E-state index in [-0.39, 0.29) is 18.4 Å². The highest BCUT2D eigenvalue weighted by Crippen LogP contribution is 2.07. The fourth-order valence-electron chi connectivity index (χ4n) is 1.46. The van der Waals surface area contributed by atoms with Gasteiger partial charge in [-0.2, -0.15) is 0 Å². The van der Waals surface area contributed by atoms with Crippen molar-refractivity contribution in [2.24, 2.45) is 5.92 Å². The maximum absolute atomic E-state index is 11.5. The molecule has 0 bridgehead atoms. The van der Waals surface area contributed by atoms with E-state index in [4.69, 9.17) is 0 Å². The summed E-state index contributed by atoms with van der Waals surface area (Å²) in [4.78, 5) is 23.6. The van der Waals surface area contributed by atoms with Crippen molar-refractivity contribution in [1.29, 1.82) is 0 Å². The highest BCUT2D eigenvalue weighted by Gasteiger charge is 2.08. The number of carbonyl (C=O) groups is 2. The highest BCUT2D eigenvalue weighted by atomic mass is 32.1. The topological polar surface area (TPSA) is 58.2 Å². The Kier molecular flexibility index (Phi) is 6.43. The van der Waals surface area contributed by atoms with Crippen LogP contribution < -0.4 is 10.6 Å². The first kappa shape index (κ1) is 14.7. The predicted molar refractivity (Wildman–Crippen MR) is 73.7 cm³/mol. The van der Waals surface area contributed by atoms with Gasteiger partial charge in [-0.05, 0) is 30.2 Å². The molecule has 0 atom stereocenters. The number of carbonyl (C=O) groups excluding carboxylic acids is 2. The van der Waals surface area contributed by atoms with Gasteiger partial charge in [0, 0.05) is 6.54 Å². The Balaban J connectivity index is 2.12. The van der Waals surface area contributed by atoms with Gasteiger partial charge in [0.25, 0.3) is 5.91 Å². The van der Waals surface area contributed by atoms with Gasteiger partial charge in [0.2, 0.25) is 5.91 Å². The van der Waals surface area contributed by atoms with Crippen molar-refractivity contribution in [3.63, 3.8) is 0 Å². The van der Waals surface area contributed by atoms with E-state index >= 15 is 0 Å². The molecule has 18 heavy (non-hydrogen) atoms. The SMILES string of the molecule is CC(C)CCCNC(=O)CNC(=O)c1cccs1. The third kappa shape index (κ3) is 5.82. The van der Waals surface area contributed by atoms with Gasteiger partial charge in [-0.3, -0.25) is 9.59 Å². The molecule has 0 spiro atoms. The van der Waals surface area contributed by atoms with Gasteiger partial charge in [0.1, 0.15) is 0 Å². The minimum Gasteiger partial charge on any atom is -0.355 e. The van der Waals surface area contributed by atoms with E-state index in [0.717, 1.165) is 12.8 Å². The van der Waals surface area contributed by atoms with Gasteiger partial charge >= 0.3 is 0 Å². The molecule has 0 fully saturated rings. The van der Waals surface area contributed by atoms with Crippen LogP contribution in [0.5, 0.6) is 0 Å². The van der Waals surface area contributed by atoms with Crippen LogP contribution in [0.4, 0.5) is 0 Å². The molecule has 0 aliphatic carbocycles. The van der Waals surface area contributed by atoms with Crippen molar-refractivity contribution in [2.45, 2.75) is 26.7 Å². The average Bonchev–Trinajstić information content (AvgIpc) is 2.85. The molecule has 1 rings (SSSR count). The molecule has 1 heterocycles. The fourth-order valence-corrected chi connectivity index (χ4v) is 2.10. The lowest BCUT2D eigenvalue weighted by Crippen LogP contribution is -2.37. The lowest BCUT2D eigenvalue weighted by molar-refractivity contribution is -0.120. The third-order valence-corrected chi connectivity index (χ3v) is 3.30. The highest BCUT2D eigenvalue weighted by molar-refractivity contribution is 7.12. The van der Waals surface area contributed by atoms with E-state index in [1.165, 1.54) is 11.3 Å². The van der Waals surface area contributed by atoms with E-state index in [9.17, 15) is 9.59 Å². The van der Waals surface area contributed by atoms with E-state index in [1.807, 2.05) is 11.4 Å². The van der Waals surface area contributed by atoms with Crippen LogP contribution in [0.2, 0.25) is 0 Å². The molecule has 2 amide bonds. The van der Waals surface area contributed by atoms with Gasteiger partial charge in [-0.25, -0.2) is 0 Å². The lowest BCUT2D eigenvalue weighted by Gasteiger charge is -2.07. The molecule has 100 valence electrons. The summed E-state index contributed by atoms with van der Waals surface area (Å²) >= 11 is 1.36. The summed E-state index contributed by atoms with van der Waals surface area (Å²) in [6.45, 7) is 5.02. The van der Waals surface area contributed by atoms with E-state index in [1.54, 1.807) is 6.07 Å². The Hall–Kier alpha value is -1.36. The summed E-state index contributed by atoms with van der Waals surface area (Å²) < 4.78 is 0. The zero-order valence-electron chi connectivity index (χ0n) is 10.9. The lowest BCUT2D eigenvalue weighted by atomic mass is 10.1. The molecule has 0 radical (unpaired) electrons. The molecular formula is C13H20N2O2S. The van der Waals surface area contributed by atoms with Crippen molar-refractivity contribution in [2.75, 3.05) is 13.1 Å². The van der Waals surface area contributed by atoms with Crippen molar-refractivity contribution in [3.8, 4) is 0 Å². The Morgan fingerprint density at radius 2 is 2.11 bits per heavy atom. The minimum absolute atomic E-state index is 0.0401. The zero-order valence-corrected chi connectivity index (χ0v) is 11.7. The van der Waals surface area contributed by atoms with Crippen molar-refractivity contribution in [1.82, 2.24) is 10.6 Å². The molecule has 1 aromatic rings. The van der Waals surface area contributed by atoms with E-state index in [2.05, 4.69) is 24.5 Å². The number of hydrogen-bond acceptors (Lipinski definition) is 3. The van der Waals surface area contributed by atoms with Crippen LogP contribution in [0.25, 0.3) is 0 Å². The normalized spacial score (nSPS) is 10.4. The predicted octanol–water partition coefficient (Wildman–Crippen LogP) is 2.03. The van der Waals surface area contributed by atoms with Crippen LogP contribution in [0.3, 0.4) is 0 Å². The molecule has 4 nitrogen and oxygen atoms in total. The molecule has 0 aliphatic heterocycles. The molecule has 0 aliphatic rings. The Morgan fingerprint density at radius 3 is 2.72 bits per heavy atom. The summed E-state index contributed by atoms with van der Waals surface area (Å²) in [5.41, 5.74) is 0. The number of amides is 2. The van der Waals surface area contributed by atoms with Gasteiger partial charge in [-0.1, -0.05) is 19.9 Å². The summed E-state index contributed by atoms with van der Waals surface area (Å²) in [7, 11) is 0. The second-order valence-corrected chi connectivity index (χ2v) is 5.49. The van der Waals surface area contributed by atoms with Gasteiger partial charge in [0.05, 0.1) is 11.4 Å². The first-order valence-corrected chi connectivity index (χ1v) is 7.06. The second kappa shape index (κ2) is 7.87. The summed E-state index contributed by atoms with van der Waals surface area (Å²) in [5.74, 6) is 0.325. The molecule has 0 aromatic carbocycles. The second-order valence-electron chi connectivity index (χ2n) is 4.55. The number of nitrogens with one attached hydrogen (secondary N) is 2. The van der Waals surface area contributed by atoms with Crippen molar-refractivity contribution in [3.05, 3.63) is 22.4 Å². The van der Waals surface area contributed by atoms with Crippen LogP contribution in [0.1, 0.15) is 36.4 Å². The first-order valence-electron chi connectivity index (χ1n) is 6.18. The molecule has 1 aromatic heterocycles. The third-order valence-electron chi connectivity index (χ3n) is 2.43. The van der Waals surface area contributed by atoms with Crippen LogP contribution in [-0.4, -0.2) is 24.9 Å². The fraction of sp³-hybridized carbons (Fsp3) is 0.538. The van der Waals surface area contributed by atoms with Crippen LogP contribution in [-0.2, 0) is 4.79 Å². The average molecular weight is 268 g/mol. The molecule has 0 unspecified atom stereocenters. The Morgan fingerprint density at radius 1 is 1.33 bits per heavy atom. The van der Waals surface area contributed by atoms with E-state index < -0.39 is 0 Å².